The number of piperazine rings is 1. The third kappa shape index (κ3) is 7.03. The number of amides is 1. The fourth-order valence-corrected chi connectivity index (χ4v) is 4.16. The van der Waals surface area contributed by atoms with Gasteiger partial charge in [-0.3, -0.25) is 9.79 Å². The van der Waals surface area contributed by atoms with Crippen molar-refractivity contribution in [2.75, 3.05) is 51.2 Å². The molecule has 2 aromatic rings. The van der Waals surface area contributed by atoms with Crippen LogP contribution >= 0.6 is 35.5 Å². The molecule has 0 saturated carbocycles. The zero-order valence-corrected chi connectivity index (χ0v) is 21.6. The van der Waals surface area contributed by atoms with Crippen LogP contribution < -0.4 is 15.5 Å². The van der Waals surface area contributed by atoms with Crippen molar-refractivity contribution in [2.24, 2.45) is 4.99 Å². The second-order valence-corrected chi connectivity index (χ2v) is 7.82. The number of carbonyl (C=O) groups is 1. The molecule has 0 spiro atoms. The predicted octanol–water partition coefficient (Wildman–Crippen LogP) is 2.41. The van der Waals surface area contributed by atoms with Crippen molar-refractivity contribution < 1.29 is 4.79 Å². The number of rotatable bonds is 7. The summed E-state index contributed by atoms with van der Waals surface area (Å²) in [7, 11) is 1.65. The van der Waals surface area contributed by atoms with Gasteiger partial charge in [0.25, 0.3) is 5.91 Å². The zero-order valence-electron chi connectivity index (χ0n) is 18.4. The summed E-state index contributed by atoms with van der Waals surface area (Å²) in [5.41, 5.74) is 1.80. The Morgan fingerprint density at radius 3 is 2.65 bits per heavy atom. The lowest BCUT2D eigenvalue weighted by Gasteiger charge is -2.36. The van der Waals surface area contributed by atoms with E-state index in [1.165, 1.54) is 11.5 Å². The number of halogens is 1. The van der Waals surface area contributed by atoms with Gasteiger partial charge in [-0.05, 0) is 31.0 Å². The molecule has 31 heavy (non-hydrogen) atoms. The molecule has 2 heterocycles. The van der Waals surface area contributed by atoms with Gasteiger partial charge < -0.3 is 20.4 Å². The highest BCUT2D eigenvalue weighted by molar-refractivity contribution is 14.0. The van der Waals surface area contributed by atoms with Gasteiger partial charge in [0.1, 0.15) is 5.82 Å². The number of carbonyl (C=O) groups excluding carboxylic acids is 1. The number of benzene rings is 1. The molecule has 1 aliphatic heterocycles. The first-order valence-corrected chi connectivity index (χ1v) is 11.3. The third-order valence-electron chi connectivity index (χ3n) is 5.04. The summed E-state index contributed by atoms with van der Waals surface area (Å²) >= 11 is 1.49. The van der Waals surface area contributed by atoms with Crippen LogP contribution in [0.5, 0.6) is 0 Å². The number of aryl methyl sites for hydroxylation is 1. The highest BCUT2D eigenvalue weighted by Gasteiger charge is 2.22. The Morgan fingerprint density at radius 1 is 1.23 bits per heavy atom. The molecule has 10 heteroatoms. The predicted molar refractivity (Wildman–Crippen MR) is 138 cm³/mol. The van der Waals surface area contributed by atoms with Crippen molar-refractivity contribution in [1.29, 1.82) is 0 Å². The van der Waals surface area contributed by atoms with Gasteiger partial charge in [0.05, 0.1) is 0 Å². The first-order chi connectivity index (χ1) is 14.6. The van der Waals surface area contributed by atoms with E-state index in [4.69, 9.17) is 4.99 Å². The lowest BCUT2D eigenvalue weighted by atomic mass is 10.1. The minimum Gasteiger partial charge on any atom is -0.357 e. The number of nitrogens with one attached hydrogen (secondary N) is 2. The van der Waals surface area contributed by atoms with E-state index in [0.29, 0.717) is 12.1 Å². The van der Waals surface area contributed by atoms with Crippen LogP contribution in [0.1, 0.15) is 35.6 Å². The maximum Gasteiger partial charge on any atom is 0.251 e. The molecule has 170 valence electrons. The number of hydrogen-bond donors (Lipinski definition) is 2. The van der Waals surface area contributed by atoms with Gasteiger partial charge in [-0.2, -0.15) is 4.37 Å². The number of aliphatic imine (C=N–C) groups is 1. The van der Waals surface area contributed by atoms with Crippen LogP contribution in [0.15, 0.2) is 29.3 Å². The van der Waals surface area contributed by atoms with E-state index in [9.17, 15) is 4.79 Å². The fourth-order valence-electron chi connectivity index (χ4n) is 3.36. The first kappa shape index (κ1) is 25.3. The maximum atomic E-state index is 11.8. The summed E-state index contributed by atoms with van der Waals surface area (Å²) in [4.78, 5) is 25.9. The molecule has 1 saturated heterocycles. The highest BCUT2D eigenvalue weighted by Crippen LogP contribution is 2.19. The quantitative estimate of drug-likeness (QED) is 0.309. The van der Waals surface area contributed by atoms with Gasteiger partial charge in [-0.25, -0.2) is 4.98 Å². The molecule has 1 aliphatic rings. The minimum absolute atomic E-state index is 0. The van der Waals surface area contributed by atoms with Crippen LogP contribution in [-0.4, -0.2) is 72.4 Å². The third-order valence-corrected chi connectivity index (χ3v) is 5.85. The average molecular weight is 558 g/mol. The summed E-state index contributed by atoms with van der Waals surface area (Å²) in [5, 5.41) is 7.10. The average Bonchev–Trinajstić information content (AvgIpc) is 3.28. The van der Waals surface area contributed by atoms with E-state index < -0.39 is 0 Å². The Hall–Kier alpha value is -1.95. The number of aromatic nitrogens is 2. The van der Waals surface area contributed by atoms with Crippen molar-refractivity contribution in [3.8, 4) is 0 Å². The highest BCUT2D eigenvalue weighted by atomic mass is 127. The van der Waals surface area contributed by atoms with Crippen molar-refractivity contribution in [2.45, 2.75) is 26.7 Å². The molecule has 1 fully saturated rings. The summed E-state index contributed by atoms with van der Waals surface area (Å²) in [6.45, 7) is 9.31. The largest absolute Gasteiger partial charge is 0.357 e. The van der Waals surface area contributed by atoms with Crippen LogP contribution in [0.2, 0.25) is 0 Å². The molecule has 1 aromatic carbocycles. The Bertz CT molecular complexity index is 865. The van der Waals surface area contributed by atoms with E-state index >= 15 is 0 Å². The molecule has 0 aliphatic carbocycles. The lowest BCUT2D eigenvalue weighted by molar-refractivity contribution is 0.0963. The number of guanidine groups is 1. The monoisotopic (exact) mass is 557 g/mol. The minimum atomic E-state index is -0.0620. The van der Waals surface area contributed by atoms with E-state index in [2.05, 4.69) is 43.6 Å². The van der Waals surface area contributed by atoms with Gasteiger partial charge in [0, 0.05) is 69.8 Å². The normalized spacial score (nSPS) is 14.2. The summed E-state index contributed by atoms with van der Waals surface area (Å²) in [5.74, 6) is 1.81. The smallest absolute Gasteiger partial charge is 0.251 e. The van der Waals surface area contributed by atoms with E-state index in [0.717, 1.165) is 68.0 Å². The van der Waals surface area contributed by atoms with Crippen molar-refractivity contribution in [1.82, 2.24) is 24.9 Å². The Balaban J connectivity index is 0.00000341. The van der Waals surface area contributed by atoms with Crippen LogP contribution in [0.4, 0.5) is 5.13 Å². The number of hydrogen-bond acceptors (Lipinski definition) is 6. The first-order valence-electron chi connectivity index (χ1n) is 10.6. The van der Waals surface area contributed by atoms with Gasteiger partial charge >= 0.3 is 0 Å². The standard InChI is InChI=1S/C21H31N7OS.HI/c1-4-18-25-21(30-26-18)28-13-11-27(12-14-28)20(23-5-2)24-10-9-16-7-6-8-17(15-16)19(29)22-3;/h6-8,15H,4-5,9-14H2,1-3H3,(H,22,29)(H,23,24);1H. The molecule has 0 atom stereocenters. The van der Waals surface area contributed by atoms with Crippen molar-refractivity contribution in [3.63, 3.8) is 0 Å². The molecule has 0 radical (unpaired) electrons. The van der Waals surface area contributed by atoms with Gasteiger partial charge in [-0.15, -0.1) is 24.0 Å². The maximum absolute atomic E-state index is 11.8. The van der Waals surface area contributed by atoms with Crippen LogP contribution in [0.25, 0.3) is 0 Å². The second kappa shape index (κ2) is 12.8. The topological polar surface area (TPSA) is 85.8 Å². The zero-order chi connectivity index (χ0) is 21.3. The Morgan fingerprint density at radius 2 is 2.00 bits per heavy atom. The lowest BCUT2D eigenvalue weighted by Crippen LogP contribution is -2.52. The Labute approximate surface area is 205 Å². The van der Waals surface area contributed by atoms with Gasteiger partial charge in [-0.1, -0.05) is 19.1 Å². The molecule has 1 amide bonds. The second-order valence-electron chi connectivity index (χ2n) is 7.09. The summed E-state index contributed by atoms with van der Waals surface area (Å²) in [6, 6.07) is 7.73. The number of anilines is 1. The molecular formula is C21H32IN7OS. The number of nitrogens with zero attached hydrogens (tertiary/aromatic N) is 5. The Kier molecular flexibility index (Phi) is 10.4. The molecule has 3 rings (SSSR count). The molecule has 0 bridgehead atoms. The molecule has 8 nitrogen and oxygen atoms in total. The van der Waals surface area contributed by atoms with Crippen molar-refractivity contribution >= 4 is 52.5 Å². The van der Waals surface area contributed by atoms with Crippen LogP contribution in [-0.2, 0) is 12.8 Å². The van der Waals surface area contributed by atoms with E-state index in [-0.39, 0.29) is 29.9 Å². The fraction of sp³-hybridized carbons (Fsp3) is 0.524. The van der Waals surface area contributed by atoms with Crippen LogP contribution in [0.3, 0.4) is 0 Å². The summed E-state index contributed by atoms with van der Waals surface area (Å²) in [6.07, 6.45) is 1.67. The van der Waals surface area contributed by atoms with E-state index in [1.54, 1.807) is 7.05 Å². The van der Waals surface area contributed by atoms with Crippen molar-refractivity contribution in [3.05, 3.63) is 41.2 Å². The summed E-state index contributed by atoms with van der Waals surface area (Å²) < 4.78 is 4.40. The molecule has 2 N–H and O–H groups in total. The van der Waals surface area contributed by atoms with E-state index in [1.807, 2.05) is 24.3 Å². The molecule has 1 aromatic heterocycles. The molecule has 0 unspecified atom stereocenters. The SMILES string of the molecule is CCNC(=NCCc1cccc(C(=O)NC)c1)N1CCN(c2nc(CC)ns2)CC1.I. The van der Waals surface area contributed by atoms with Gasteiger partial charge in [0.15, 0.2) is 5.96 Å². The van der Waals surface area contributed by atoms with Gasteiger partial charge in [0.2, 0.25) is 5.13 Å². The van der Waals surface area contributed by atoms with Crippen LogP contribution in [0, 0.1) is 0 Å². The molecular weight excluding hydrogens is 525 g/mol.